The van der Waals surface area contributed by atoms with Crippen LogP contribution in [0.2, 0.25) is 0 Å². The largest absolute Gasteiger partial charge is 0.454 e. The number of para-hydroxylation sites is 1. The summed E-state index contributed by atoms with van der Waals surface area (Å²) in [7, 11) is 0. The number of nitrogens with one attached hydrogen (secondary N) is 1. The maximum atomic E-state index is 12.5. The third-order valence-corrected chi connectivity index (χ3v) is 4.89. The van der Waals surface area contributed by atoms with E-state index in [2.05, 4.69) is 10.3 Å². The molecular formula is C20H14N2O4S. The predicted octanol–water partition coefficient (Wildman–Crippen LogP) is 3.33. The van der Waals surface area contributed by atoms with Crippen LogP contribution in [-0.2, 0) is 0 Å². The van der Waals surface area contributed by atoms with Crippen LogP contribution in [0.1, 0.15) is 23.6 Å². The normalized spacial score (nSPS) is 18.3. The minimum atomic E-state index is -0.415. The Kier molecular flexibility index (Phi) is 3.68. The van der Waals surface area contributed by atoms with Gasteiger partial charge in [0.05, 0.1) is 17.3 Å². The van der Waals surface area contributed by atoms with Crippen molar-refractivity contribution in [3.8, 4) is 11.5 Å². The lowest BCUT2D eigenvalue weighted by atomic mass is 9.96. The van der Waals surface area contributed by atoms with Crippen molar-refractivity contribution in [2.75, 3.05) is 6.79 Å². The van der Waals surface area contributed by atoms with Gasteiger partial charge in [-0.2, -0.15) is 0 Å². The molecule has 134 valence electrons. The molecule has 1 aromatic heterocycles. The second-order valence-corrected chi connectivity index (χ2v) is 6.75. The van der Waals surface area contributed by atoms with E-state index in [0.717, 1.165) is 16.7 Å². The molecule has 0 bridgehead atoms. The Hall–Kier alpha value is -3.19. The molecule has 0 spiro atoms. The van der Waals surface area contributed by atoms with Crippen LogP contribution in [0, 0.1) is 0 Å². The molecule has 0 unspecified atom stereocenters. The maximum Gasteiger partial charge on any atom is 0.345 e. The van der Waals surface area contributed by atoms with Crippen molar-refractivity contribution in [1.82, 2.24) is 5.32 Å². The van der Waals surface area contributed by atoms with Crippen LogP contribution < -0.4 is 20.4 Å². The number of aliphatic imine (C=N–C) groups is 1. The number of nitrogens with zero attached hydrogens (tertiary/aromatic N) is 1. The van der Waals surface area contributed by atoms with Gasteiger partial charge in [0.2, 0.25) is 6.79 Å². The summed E-state index contributed by atoms with van der Waals surface area (Å²) < 4.78 is 16.3. The van der Waals surface area contributed by atoms with Crippen molar-refractivity contribution in [1.29, 1.82) is 0 Å². The zero-order chi connectivity index (χ0) is 18.4. The van der Waals surface area contributed by atoms with E-state index in [1.165, 1.54) is 0 Å². The fourth-order valence-corrected chi connectivity index (χ4v) is 3.61. The first-order valence-corrected chi connectivity index (χ1v) is 8.89. The van der Waals surface area contributed by atoms with Gasteiger partial charge >= 0.3 is 5.63 Å². The van der Waals surface area contributed by atoms with Gasteiger partial charge in [0.25, 0.3) is 0 Å². The second kappa shape index (κ2) is 6.21. The van der Waals surface area contributed by atoms with Crippen LogP contribution in [0.25, 0.3) is 11.0 Å². The van der Waals surface area contributed by atoms with Crippen molar-refractivity contribution in [2.24, 2.45) is 4.99 Å². The summed E-state index contributed by atoms with van der Waals surface area (Å²) in [6, 6.07) is 14.8. The quantitative estimate of drug-likeness (QED) is 0.545. The average molecular weight is 378 g/mol. The van der Waals surface area contributed by atoms with E-state index in [1.54, 1.807) is 6.07 Å². The van der Waals surface area contributed by atoms with Gasteiger partial charge in [-0.15, -0.1) is 0 Å². The highest BCUT2D eigenvalue weighted by molar-refractivity contribution is 7.80. The number of hydrogen-bond donors (Lipinski definition) is 1. The highest BCUT2D eigenvalue weighted by Crippen LogP contribution is 2.35. The third-order valence-electron chi connectivity index (χ3n) is 4.68. The molecule has 5 rings (SSSR count). The van der Waals surface area contributed by atoms with E-state index in [9.17, 15) is 4.79 Å². The molecule has 0 amide bonds. The Labute approximate surface area is 159 Å². The molecule has 3 heterocycles. The Morgan fingerprint density at radius 2 is 1.93 bits per heavy atom. The van der Waals surface area contributed by atoms with Crippen molar-refractivity contribution in [2.45, 2.75) is 12.5 Å². The number of benzene rings is 2. The zero-order valence-corrected chi connectivity index (χ0v) is 14.9. The first-order valence-electron chi connectivity index (χ1n) is 8.48. The number of rotatable bonds is 2. The summed E-state index contributed by atoms with van der Waals surface area (Å²) in [5.74, 6) is 1.43. The van der Waals surface area contributed by atoms with Crippen LogP contribution in [0.4, 0.5) is 0 Å². The van der Waals surface area contributed by atoms with Crippen molar-refractivity contribution < 1.29 is 13.9 Å². The summed E-state index contributed by atoms with van der Waals surface area (Å²) in [6.45, 7) is 0.222. The van der Waals surface area contributed by atoms with Crippen molar-refractivity contribution in [3.63, 3.8) is 0 Å². The lowest BCUT2D eigenvalue weighted by molar-refractivity contribution is 0.174. The monoisotopic (exact) mass is 378 g/mol. The minimum Gasteiger partial charge on any atom is -0.454 e. The number of ether oxygens (including phenoxy) is 2. The molecule has 27 heavy (non-hydrogen) atoms. The molecule has 6 nitrogen and oxygen atoms in total. The maximum absolute atomic E-state index is 12.5. The minimum absolute atomic E-state index is 0.120. The van der Waals surface area contributed by atoms with E-state index in [-0.39, 0.29) is 12.8 Å². The van der Waals surface area contributed by atoms with Crippen LogP contribution in [-0.4, -0.2) is 17.6 Å². The van der Waals surface area contributed by atoms with Gasteiger partial charge in [0, 0.05) is 11.8 Å². The van der Waals surface area contributed by atoms with Gasteiger partial charge in [-0.1, -0.05) is 24.3 Å². The number of thiocarbonyl (C=S) groups is 1. The van der Waals surface area contributed by atoms with Gasteiger partial charge < -0.3 is 19.2 Å². The predicted molar refractivity (Wildman–Crippen MR) is 105 cm³/mol. The molecule has 2 aromatic carbocycles. The SMILES string of the molecule is O=c1oc2ccccc2cc1C1=NC(=S)N[C@@H](c2ccc3c(c2)OCO3)C1. The molecule has 2 aliphatic rings. The molecular weight excluding hydrogens is 364 g/mol. The smallest absolute Gasteiger partial charge is 0.345 e. The van der Waals surface area contributed by atoms with Gasteiger partial charge in [0.15, 0.2) is 16.6 Å². The fraction of sp³-hybridized carbons (Fsp3) is 0.150. The van der Waals surface area contributed by atoms with Gasteiger partial charge in [-0.25, -0.2) is 9.79 Å². The van der Waals surface area contributed by atoms with Crippen LogP contribution >= 0.6 is 12.2 Å². The number of fused-ring (bicyclic) bond motifs is 2. The number of hydrogen-bond acceptors (Lipinski definition) is 5. The molecule has 1 atom stereocenters. The van der Waals surface area contributed by atoms with Gasteiger partial charge in [-0.05, 0) is 42.0 Å². The molecule has 0 fully saturated rings. The lowest BCUT2D eigenvalue weighted by Crippen LogP contribution is -2.34. The van der Waals surface area contributed by atoms with Crippen molar-refractivity contribution in [3.05, 3.63) is 70.1 Å². The van der Waals surface area contributed by atoms with E-state index in [4.69, 9.17) is 26.1 Å². The van der Waals surface area contributed by atoms with E-state index in [1.807, 2.05) is 42.5 Å². The van der Waals surface area contributed by atoms with Crippen LogP contribution in [0.15, 0.2) is 62.7 Å². The van der Waals surface area contributed by atoms with E-state index < -0.39 is 5.63 Å². The van der Waals surface area contributed by atoms with E-state index in [0.29, 0.717) is 34.1 Å². The Balaban J connectivity index is 1.53. The molecule has 2 aliphatic heterocycles. The van der Waals surface area contributed by atoms with E-state index >= 15 is 0 Å². The fourth-order valence-electron chi connectivity index (χ4n) is 3.36. The highest BCUT2D eigenvalue weighted by Gasteiger charge is 2.25. The zero-order valence-electron chi connectivity index (χ0n) is 14.1. The summed E-state index contributed by atoms with van der Waals surface area (Å²) in [4.78, 5) is 16.9. The third kappa shape index (κ3) is 2.86. The first-order chi connectivity index (χ1) is 13.2. The summed E-state index contributed by atoms with van der Waals surface area (Å²) in [6.07, 6.45) is 0.503. The van der Waals surface area contributed by atoms with Gasteiger partial charge in [-0.3, -0.25) is 0 Å². The van der Waals surface area contributed by atoms with Crippen molar-refractivity contribution >= 4 is 34.0 Å². The molecule has 1 N–H and O–H groups in total. The summed E-state index contributed by atoms with van der Waals surface area (Å²) in [5.41, 5.74) is 2.17. The molecule has 3 aromatic rings. The van der Waals surface area contributed by atoms with Gasteiger partial charge in [0.1, 0.15) is 5.58 Å². The average Bonchev–Trinajstić information content (AvgIpc) is 3.14. The Morgan fingerprint density at radius 1 is 1.07 bits per heavy atom. The summed E-state index contributed by atoms with van der Waals surface area (Å²) in [5, 5.41) is 4.38. The molecule has 7 heteroatoms. The summed E-state index contributed by atoms with van der Waals surface area (Å²) >= 11 is 5.31. The second-order valence-electron chi connectivity index (χ2n) is 6.36. The molecule has 0 saturated carbocycles. The lowest BCUT2D eigenvalue weighted by Gasteiger charge is -2.25. The van der Waals surface area contributed by atoms with Crippen LogP contribution in [0.3, 0.4) is 0 Å². The Bertz CT molecular complexity index is 1170. The first kappa shape index (κ1) is 16.0. The molecule has 0 aliphatic carbocycles. The highest BCUT2D eigenvalue weighted by atomic mass is 32.1. The standard InChI is InChI=1S/C20H14N2O4S/c23-19-13(7-12-3-1-2-4-16(12)26-19)15-9-14(21-20(27)22-15)11-5-6-17-18(8-11)25-10-24-17/h1-8,14H,9-10H2,(H,21,27)/t14-/m1/s1. The molecule has 0 saturated heterocycles. The van der Waals surface area contributed by atoms with Crippen LogP contribution in [0.5, 0.6) is 11.5 Å². The molecule has 0 radical (unpaired) electrons. The Morgan fingerprint density at radius 3 is 2.85 bits per heavy atom. The topological polar surface area (TPSA) is 73.1 Å².